The molecule has 0 aromatic heterocycles. The molecule has 96 valence electrons. The van der Waals surface area contributed by atoms with Crippen LogP contribution in [0.4, 0.5) is 0 Å². The van der Waals surface area contributed by atoms with Gasteiger partial charge in [-0.1, -0.05) is 22.9 Å². The maximum Gasteiger partial charge on any atom is 0.122 e. The highest BCUT2D eigenvalue weighted by Crippen LogP contribution is 2.26. The number of hydrogen-bond donors (Lipinski definition) is 1. The van der Waals surface area contributed by atoms with E-state index < -0.39 is 0 Å². The van der Waals surface area contributed by atoms with Crippen LogP contribution in [0.1, 0.15) is 32.3 Å². The maximum atomic E-state index is 5.64. The van der Waals surface area contributed by atoms with Crippen LogP contribution in [-0.2, 0) is 6.42 Å². The smallest absolute Gasteiger partial charge is 0.122 e. The molecule has 1 aromatic rings. The molecule has 0 aliphatic heterocycles. The first-order valence-electron chi connectivity index (χ1n) is 6.28. The maximum absolute atomic E-state index is 5.64. The molecule has 0 aliphatic rings. The van der Waals surface area contributed by atoms with Crippen molar-refractivity contribution in [1.29, 1.82) is 0 Å². The van der Waals surface area contributed by atoms with Crippen molar-refractivity contribution in [1.82, 2.24) is 0 Å². The largest absolute Gasteiger partial charge is 0.494 e. The third-order valence-electron chi connectivity index (χ3n) is 2.89. The van der Waals surface area contributed by atoms with Gasteiger partial charge < -0.3 is 10.5 Å². The average molecular weight is 300 g/mol. The van der Waals surface area contributed by atoms with Crippen LogP contribution in [0.2, 0.25) is 0 Å². The van der Waals surface area contributed by atoms with Gasteiger partial charge in [0.25, 0.3) is 0 Å². The molecule has 2 N–H and O–H groups in total. The van der Waals surface area contributed by atoms with E-state index in [2.05, 4.69) is 28.9 Å². The van der Waals surface area contributed by atoms with Crippen molar-refractivity contribution in [2.45, 2.75) is 33.1 Å². The van der Waals surface area contributed by atoms with Crippen LogP contribution >= 0.6 is 15.9 Å². The molecule has 1 unspecified atom stereocenters. The summed E-state index contributed by atoms with van der Waals surface area (Å²) in [5.41, 5.74) is 6.85. The first-order valence-corrected chi connectivity index (χ1v) is 7.08. The molecule has 0 spiro atoms. The molecule has 0 saturated heterocycles. The monoisotopic (exact) mass is 299 g/mol. The Labute approximate surface area is 113 Å². The molecule has 1 atom stereocenters. The highest BCUT2D eigenvalue weighted by Gasteiger charge is 2.07. The van der Waals surface area contributed by atoms with Crippen LogP contribution in [0.15, 0.2) is 22.7 Å². The van der Waals surface area contributed by atoms with Crippen LogP contribution in [0.25, 0.3) is 0 Å². The fourth-order valence-electron chi connectivity index (χ4n) is 1.87. The van der Waals surface area contributed by atoms with E-state index in [0.717, 1.165) is 36.0 Å². The van der Waals surface area contributed by atoms with Crippen LogP contribution in [0.3, 0.4) is 0 Å². The van der Waals surface area contributed by atoms with Gasteiger partial charge in [-0.05, 0) is 62.4 Å². The van der Waals surface area contributed by atoms with Gasteiger partial charge in [-0.15, -0.1) is 0 Å². The van der Waals surface area contributed by atoms with Gasteiger partial charge in [-0.3, -0.25) is 0 Å². The highest BCUT2D eigenvalue weighted by molar-refractivity contribution is 9.10. The first-order chi connectivity index (χ1) is 8.17. The normalized spacial score (nSPS) is 12.5. The highest BCUT2D eigenvalue weighted by atomic mass is 79.9. The molecule has 1 aromatic carbocycles. The molecule has 2 nitrogen and oxygen atoms in total. The van der Waals surface area contributed by atoms with Crippen molar-refractivity contribution in [3.8, 4) is 5.75 Å². The molecule has 0 radical (unpaired) electrons. The Morgan fingerprint density at radius 1 is 1.35 bits per heavy atom. The summed E-state index contributed by atoms with van der Waals surface area (Å²) in [6, 6.07) is 6.22. The Hall–Kier alpha value is -0.540. The second-order valence-corrected chi connectivity index (χ2v) is 5.32. The van der Waals surface area contributed by atoms with Crippen molar-refractivity contribution >= 4 is 15.9 Å². The summed E-state index contributed by atoms with van der Waals surface area (Å²) in [5, 5.41) is 0. The number of benzene rings is 1. The molecule has 1 rings (SSSR count). The molecule has 0 bridgehead atoms. The summed E-state index contributed by atoms with van der Waals surface area (Å²) in [5.74, 6) is 1.68. The van der Waals surface area contributed by atoms with E-state index in [1.165, 1.54) is 5.56 Å². The summed E-state index contributed by atoms with van der Waals surface area (Å²) in [4.78, 5) is 0. The lowest BCUT2D eigenvalue weighted by molar-refractivity contribution is 0.335. The zero-order chi connectivity index (χ0) is 12.7. The van der Waals surface area contributed by atoms with E-state index in [-0.39, 0.29) is 0 Å². The van der Waals surface area contributed by atoms with E-state index in [1.54, 1.807) is 0 Å². The number of nitrogens with two attached hydrogens (primary N) is 1. The number of rotatable bonds is 7. The van der Waals surface area contributed by atoms with Crippen LogP contribution in [-0.4, -0.2) is 13.2 Å². The minimum atomic E-state index is 0.674. The van der Waals surface area contributed by atoms with Gasteiger partial charge in [0.1, 0.15) is 5.75 Å². The Morgan fingerprint density at radius 3 is 2.76 bits per heavy atom. The Kier molecular flexibility index (Phi) is 6.60. The second-order valence-electron chi connectivity index (χ2n) is 4.41. The first kappa shape index (κ1) is 14.5. The van der Waals surface area contributed by atoms with Crippen molar-refractivity contribution in [2.24, 2.45) is 11.7 Å². The summed E-state index contributed by atoms with van der Waals surface area (Å²) in [7, 11) is 0. The fourth-order valence-corrected chi connectivity index (χ4v) is 2.28. The van der Waals surface area contributed by atoms with Crippen LogP contribution in [0, 0.1) is 5.92 Å². The topological polar surface area (TPSA) is 35.2 Å². The number of ether oxygens (including phenoxy) is 1. The zero-order valence-electron chi connectivity index (χ0n) is 10.7. The van der Waals surface area contributed by atoms with E-state index in [0.29, 0.717) is 12.5 Å². The summed E-state index contributed by atoms with van der Waals surface area (Å²) in [6.45, 7) is 5.76. The predicted molar refractivity (Wildman–Crippen MR) is 76.5 cm³/mol. The summed E-state index contributed by atoms with van der Waals surface area (Å²) in [6.07, 6.45) is 3.31. The third kappa shape index (κ3) is 5.09. The van der Waals surface area contributed by atoms with Crippen LogP contribution < -0.4 is 10.5 Å². The SMILES string of the molecule is CCOc1ccc(Br)cc1CCC(C)CCN. The average Bonchev–Trinajstić information content (AvgIpc) is 2.30. The van der Waals surface area contributed by atoms with Gasteiger partial charge in [-0.2, -0.15) is 0 Å². The number of hydrogen-bond acceptors (Lipinski definition) is 2. The molecular weight excluding hydrogens is 278 g/mol. The van der Waals surface area contributed by atoms with Crippen molar-refractivity contribution in [3.63, 3.8) is 0 Å². The minimum Gasteiger partial charge on any atom is -0.494 e. The molecule has 0 saturated carbocycles. The van der Waals surface area contributed by atoms with Gasteiger partial charge in [0.15, 0.2) is 0 Å². The Morgan fingerprint density at radius 2 is 2.12 bits per heavy atom. The van der Waals surface area contributed by atoms with E-state index in [1.807, 2.05) is 19.1 Å². The summed E-state index contributed by atoms with van der Waals surface area (Å²) >= 11 is 3.51. The molecule has 17 heavy (non-hydrogen) atoms. The number of aryl methyl sites for hydroxylation is 1. The predicted octanol–water partition coefficient (Wildman–Crippen LogP) is 3.77. The molecule has 0 fully saturated rings. The van der Waals surface area contributed by atoms with E-state index >= 15 is 0 Å². The van der Waals surface area contributed by atoms with Gasteiger partial charge in [0, 0.05) is 4.47 Å². The molecule has 0 heterocycles. The van der Waals surface area contributed by atoms with Crippen molar-refractivity contribution in [2.75, 3.05) is 13.2 Å². The standard InChI is InChI=1S/C14H22BrNO/c1-3-17-14-7-6-13(15)10-12(14)5-4-11(2)8-9-16/h6-7,10-11H,3-5,8-9,16H2,1-2H3. The van der Waals surface area contributed by atoms with Crippen LogP contribution in [0.5, 0.6) is 5.75 Å². The minimum absolute atomic E-state index is 0.674. The Balaban J connectivity index is 2.64. The van der Waals surface area contributed by atoms with Gasteiger partial charge in [-0.25, -0.2) is 0 Å². The lowest BCUT2D eigenvalue weighted by atomic mass is 9.98. The van der Waals surface area contributed by atoms with Crippen molar-refractivity contribution in [3.05, 3.63) is 28.2 Å². The van der Waals surface area contributed by atoms with E-state index in [9.17, 15) is 0 Å². The molecule has 0 aliphatic carbocycles. The molecule has 0 amide bonds. The number of halogens is 1. The van der Waals surface area contributed by atoms with Gasteiger partial charge in [0.2, 0.25) is 0 Å². The lowest BCUT2D eigenvalue weighted by Gasteiger charge is -2.13. The quantitative estimate of drug-likeness (QED) is 0.832. The van der Waals surface area contributed by atoms with Gasteiger partial charge in [0.05, 0.1) is 6.61 Å². The zero-order valence-corrected chi connectivity index (χ0v) is 12.3. The lowest BCUT2D eigenvalue weighted by Crippen LogP contribution is -2.07. The molecular formula is C14H22BrNO. The third-order valence-corrected chi connectivity index (χ3v) is 3.38. The van der Waals surface area contributed by atoms with Crippen molar-refractivity contribution < 1.29 is 4.74 Å². The fraction of sp³-hybridized carbons (Fsp3) is 0.571. The Bertz CT molecular complexity index is 341. The van der Waals surface area contributed by atoms with E-state index in [4.69, 9.17) is 10.5 Å². The van der Waals surface area contributed by atoms with Gasteiger partial charge >= 0.3 is 0 Å². The summed E-state index contributed by atoms with van der Waals surface area (Å²) < 4.78 is 6.75. The molecule has 3 heteroatoms. The second kappa shape index (κ2) is 7.72.